The van der Waals surface area contributed by atoms with Crippen molar-refractivity contribution in [3.8, 4) is 0 Å². The van der Waals surface area contributed by atoms with Gasteiger partial charge < -0.3 is 20.9 Å². The van der Waals surface area contributed by atoms with E-state index >= 15 is 0 Å². The Kier molecular flexibility index (Phi) is 10.1. The van der Waals surface area contributed by atoms with Crippen LogP contribution < -0.4 is 16.0 Å². The van der Waals surface area contributed by atoms with E-state index in [2.05, 4.69) is 34.0 Å². The average molecular weight is 463 g/mol. The van der Waals surface area contributed by atoms with Gasteiger partial charge in [0.15, 0.2) is 5.96 Å². The molecule has 1 heterocycles. The second-order valence-corrected chi connectivity index (χ2v) is 6.19. The van der Waals surface area contributed by atoms with Crippen molar-refractivity contribution in [2.45, 2.75) is 33.2 Å². The highest BCUT2D eigenvalue weighted by Crippen LogP contribution is 2.22. The molecule has 0 aromatic heterocycles. The van der Waals surface area contributed by atoms with E-state index in [0.717, 1.165) is 57.7 Å². The Bertz CT molecular complexity index is 544. The molecule has 0 bridgehead atoms. The fourth-order valence-electron chi connectivity index (χ4n) is 2.84. The molecule has 7 heteroatoms. The zero-order chi connectivity index (χ0) is 17.4. The van der Waals surface area contributed by atoms with Crippen molar-refractivity contribution in [3.63, 3.8) is 0 Å². The fraction of sp³-hybridized carbons (Fsp3) is 0.611. The number of hydrogen-bond acceptors (Lipinski definition) is 3. The van der Waals surface area contributed by atoms with Crippen molar-refractivity contribution in [2.75, 3.05) is 44.2 Å². The molecule has 1 aliphatic rings. The zero-order valence-corrected chi connectivity index (χ0v) is 17.6. The average Bonchev–Trinajstić information content (AvgIpc) is 2.60. The summed E-state index contributed by atoms with van der Waals surface area (Å²) in [7, 11) is 0. The minimum absolute atomic E-state index is 0. The smallest absolute Gasteiger partial charge is 0.188 e. The normalized spacial score (nSPS) is 15.8. The first-order valence-corrected chi connectivity index (χ1v) is 8.93. The number of halogens is 2. The van der Waals surface area contributed by atoms with Crippen LogP contribution in [0.3, 0.4) is 0 Å². The van der Waals surface area contributed by atoms with E-state index in [9.17, 15) is 4.39 Å². The van der Waals surface area contributed by atoms with Crippen LogP contribution in [0.4, 0.5) is 10.1 Å². The van der Waals surface area contributed by atoms with Crippen LogP contribution in [-0.2, 0) is 6.54 Å². The first kappa shape index (κ1) is 22.0. The summed E-state index contributed by atoms with van der Waals surface area (Å²) in [4.78, 5) is 8.77. The summed E-state index contributed by atoms with van der Waals surface area (Å²) < 4.78 is 14.4. The van der Waals surface area contributed by atoms with Crippen molar-refractivity contribution in [2.24, 2.45) is 10.7 Å². The Balaban J connectivity index is 0.00000312. The highest BCUT2D eigenvalue weighted by molar-refractivity contribution is 14.0. The molecule has 1 aromatic carbocycles. The lowest BCUT2D eigenvalue weighted by molar-refractivity contribution is 0.270. The minimum Gasteiger partial charge on any atom is -0.370 e. The largest absolute Gasteiger partial charge is 0.370 e. The maximum absolute atomic E-state index is 14.4. The molecule has 0 radical (unpaired) electrons. The molecule has 0 spiro atoms. The number of anilines is 1. The topological polar surface area (TPSA) is 56.9 Å². The number of piperazine rings is 1. The molecule has 25 heavy (non-hydrogen) atoms. The molecular formula is C18H31FIN5. The molecule has 0 unspecified atom stereocenters. The van der Waals surface area contributed by atoms with Crippen molar-refractivity contribution in [1.29, 1.82) is 0 Å². The Hall–Kier alpha value is -1.09. The number of hydrogen-bond donors (Lipinski definition) is 2. The summed E-state index contributed by atoms with van der Waals surface area (Å²) in [5.41, 5.74) is 7.33. The summed E-state index contributed by atoms with van der Waals surface area (Å²) in [5.74, 6) is 0.244. The van der Waals surface area contributed by atoms with Gasteiger partial charge in [-0.05, 0) is 30.7 Å². The molecule has 0 atom stereocenters. The number of benzene rings is 1. The summed E-state index contributed by atoms with van der Waals surface area (Å²) in [6.07, 6.45) is 2.17. The third-order valence-corrected chi connectivity index (χ3v) is 4.44. The molecule has 0 aliphatic carbocycles. The van der Waals surface area contributed by atoms with Crippen LogP contribution in [0, 0.1) is 5.82 Å². The molecule has 2 rings (SSSR count). The Morgan fingerprint density at radius 3 is 2.56 bits per heavy atom. The quantitative estimate of drug-likeness (QED) is 0.283. The van der Waals surface area contributed by atoms with E-state index in [1.165, 1.54) is 0 Å². The second-order valence-electron chi connectivity index (χ2n) is 6.19. The summed E-state index contributed by atoms with van der Waals surface area (Å²) in [6.45, 7) is 10.3. The molecule has 1 aromatic rings. The minimum atomic E-state index is -0.176. The van der Waals surface area contributed by atoms with Gasteiger partial charge in [-0.15, -0.1) is 24.0 Å². The standard InChI is InChI=1S/C18H30FN5.HI/c1-3-5-8-21-18(20)22-14-15-6-7-17(16(19)13-15)24-11-9-23(4-2)10-12-24;/h6-7,13H,3-5,8-12,14H2,1-2H3,(H3,20,21,22);1H. The Labute approximate surface area is 167 Å². The van der Waals surface area contributed by atoms with Gasteiger partial charge >= 0.3 is 0 Å². The van der Waals surface area contributed by atoms with Gasteiger partial charge in [0.05, 0.1) is 12.2 Å². The van der Waals surface area contributed by atoms with Crippen molar-refractivity contribution in [3.05, 3.63) is 29.6 Å². The van der Waals surface area contributed by atoms with Gasteiger partial charge in [0.25, 0.3) is 0 Å². The number of guanidine groups is 1. The van der Waals surface area contributed by atoms with Crippen LogP contribution in [0.2, 0.25) is 0 Å². The lowest BCUT2D eigenvalue weighted by atomic mass is 10.1. The predicted octanol–water partition coefficient (Wildman–Crippen LogP) is 2.79. The molecule has 0 amide bonds. The van der Waals surface area contributed by atoms with E-state index in [0.29, 0.717) is 18.2 Å². The summed E-state index contributed by atoms with van der Waals surface area (Å²) in [6, 6.07) is 5.38. The maximum atomic E-state index is 14.4. The second kappa shape index (κ2) is 11.5. The number of rotatable bonds is 7. The van der Waals surface area contributed by atoms with Crippen molar-refractivity contribution < 1.29 is 4.39 Å². The van der Waals surface area contributed by atoms with Crippen LogP contribution in [0.5, 0.6) is 0 Å². The molecule has 142 valence electrons. The van der Waals surface area contributed by atoms with E-state index in [-0.39, 0.29) is 29.8 Å². The number of unbranched alkanes of at least 4 members (excludes halogenated alkanes) is 1. The molecular weight excluding hydrogens is 432 g/mol. The van der Waals surface area contributed by atoms with Gasteiger partial charge in [-0.25, -0.2) is 9.38 Å². The highest BCUT2D eigenvalue weighted by Gasteiger charge is 2.18. The highest BCUT2D eigenvalue weighted by atomic mass is 127. The van der Waals surface area contributed by atoms with Crippen molar-refractivity contribution >= 4 is 35.6 Å². The lowest BCUT2D eigenvalue weighted by Crippen LogP contribution is -2.46. The Morgan fingerprint density at radius 1 is 1.24 bits per heavy atom. The molecule has 3 N–H and O–H groups in total. The number of likely N-dealkylation sites (N-methyl/N-ethyl adjacent to an activating group) is 1. The van der Waals surface area contributed by atoms with Crippen LogP contribution in [-0.4, -0.2) is 50.1 Å². The number of nitrogens with zero attached hydrogens (tertiary/aromatic N) is 3. The van der Waals surface area contributed by atoms with Crippen LogP contribution >= 0.6 is 24.0 Å². The molecule has 0 saturated carbocycles. The monoisotopic (exact) mass is 463 g/mol. The predicted molar refractivity (Wildman–Crippen MR) is 114 cm³/mol. The van der Waals surface area contributed by atoms with Gasteiger partial charge in [0.2, 0.25) is 0 Å². The third-order valence-electron chi connectivity index (χ3n) is 4.44. The SMILES string of the molecule is CCCCNC(N)=NCc1ccc(N2CCN(CC)CC2)c(F)c1.I. The number of nitrogens with two attached hydrogens (primary N) is 1. The molecule has 1 aliphatic heterocycles. The van der Waals surface area contributed by atoms with E-state index in [4.69, 9.17) is 5.73 Å². The van der Waals surface area contributed by atoms with Gasteiger partial charge in [0, 0.05) is 32.7 Å². The van der Waals surface area contributed by atoms with Crippen molar-refractivity contribution in [1.82, 2.24) is 10.2 Å². The molecule has 1 saturated heterocycles. The van der Waals surface area contributed by atoms with Crippen LogP contribution in [0.15, 0.2) is 23.2 Å². The Morgan fingerprint density at radius 2 is 1.96 bits per heavy atom. The van der Waals surface area contributed by atoms with Crippen LogP contribution in [0.25, 0.3) is 0 Å². The lowest BCUT2D eigenvalue weighted by Gasteiger charge is -2.35. The summed E-state index contributed by atoms with van der Waals surface area (Å²) >= 11 is 0. The number of aliphatic imine (C=N–C) groups is 1. The van der Waals surface area contributed by atoms with Gasteiger partial charge in [-0.3, -0.25) is 0 Å². The third kappa shape index (κ3) is 6.97. The van der Waals surface area contributed by atoms with Gasteiger partial charge in [0.1, 0.15) is 5.82 Å². The summed E-state index contributed by atoms with van der Waals surface area (Å²) in [5, 5.41) is 3.06. The van der Waals surface area contributed by atoms with Gasteiger partial charge in [-0.2, -0.15) is 0 Å². The first-order valence-electron chi connectivity index (χ1n) is 8.93. The van der Waals surface area contributed by atoms with E-state index in [1.807, 2.05) is 12.1 Å². The van der Waals surface area contributed by atoms with E-state index in [1.54, 1.807) is 6.07 Å². The molecule has 5 nitrogen and oxygen atoms in total. The number of nitrogens with one attached hydrogen (secondary N) is 1. The zero-order valence-electron chi connectivity index (χ0n) is 15.3. The van der Waals surface area contributed by atoms with Gasteiger partial charge in [-0.1, -0.05) is 26.3 Å². The fourth-order valence-corrected chi connectivity index (χ4v) is 2.84. The van der Waals surface area contributed by atoms with Crippen LogP contribution in [0.1, 0.15) is 32.3 Å². The van der Waals surface area contributed by atoms with E-state index < -0.39 is 0 Å². The maximum Gasteiger partial charge on any atom is 0.188 e. The molecule has 1 fully saturated rings. The first-order chi connectivity index (χ1) is 11.6.